The predicted octanol–water partition coefficient (Wildman–Crippen LogP) is 3.46. The second kappa shape index (κ2) is 8.63. The van der Waals surface area contributed by atoms with Crippen LogP contribution in [0.25, 0.3) is 17.1 Å². The lowest BCUT2D eigenvalue weighted by Gasteiger charge is -2.09. The summed E-state index contributed by atoms with van der Waals surface area (Å²) in [4.78, 5) is 32.2. The summed E-state index contributed by atoms with van der Waals surface area (Å²) >= 11 is 0. The Hall–Kier alpha value is -3.25. The smallest absolute Gasteiger partial charge is 0.261 e. The fourth-order valence-corrected chi connectivity index (χ4v) is 2.85. The van der Waals surface area contributed by atoms with Gasteiger partial charge in [-0.2, -0.15) is 4.98 Å². The van der Waals surface area contributed by atoms with E-state index in [2.05, 4.69) is 9.97 Å². The minimum atomic E-state index is -0.468. The molecule has 6 heteroatoms. The van der Waals surface area contributed by atoms with Crippen molar-refractivity contribution in [2.24, 2.45) is 0 Å². The van der Waals surface area contributed by atoms with E-state index in [-0.39, 0.29) is 11.3 Å². The molecule has 1 aromatic carbocycles. The fourth-order valence-electron chi connectivity index (χ4n) is 2.85. The highest BCUT2D eigenvalue weighted by atomic mass is 16.5. The van der Waals surface area contributed by atoms with Crippen LogP contribution in [-0.4, -0.2) is 36.1 Å². The number of ether oxygens (including phenoxy) is 2. The first-order valence-corrected chi connectivity index (χ1v) is 8.94. The Morgan fingerprint density at radius 3 is 2.57 bits per heavy atom. The Labute approximate surface area is 162 Å². The van der Waals surface area contributed by atoms with E-state index in [0.717, 1.165) is 11.1 Å². The number of hydrogen-bond donors (Lipinski definition) is 1. The number of nitrogens with zero attached hydrogens (tertiary/aromatic N) is 1. The topological polar surface area (TPSA) is 81.3 Å². The Bertz CT molecular complexity index is 1080. The summed E-state index contributed by atoms with van der Waals surface area (Å²) in [6, 6.07) is 11.3. The van der Waals surface area contributed by atoms with Crippen molar-refractivity contribution in [3.05, 3.63) is 75.1 Å². The molecule has 6 nitrogen and oxygen atoms in total. The van der Waals surface area contributed by atoms with E-state index in [1.807, 2.05) is 31.2 Å². The molecule has 1 N–H and O–H groups in total. The van der Waals surface area contributed by atoms with Gasteiger partial charge in [-0.15, -0.1) is 0 Å². The Morgan fingerprint density at radius 2 is 1.86 bits per heavy atom. The molecule has 144 valence electrons. The predicted molar refractivity (Wildman–Crippen MR) is 109 cm³/mol. The number of rotatable bonds is 7. The third-order valence-corrected chi connectivity index (χ3v) is 4.40. The largest absolute Gasteiger partial charge is 0.475 e. The first kappa shape index (κ1) is 19.5. The van der Waals surface area contributed by atoms with Crippen LogP contribution >= 0.6 is 0 Å². The first-order valence-electron chi connectivity index (χ1n) is 8.94. The second-order valence-corrected chi connectivity index (χ2v) is 6.45. The summed E-state index contributed by atoms with van der Waals surface area (Å²) in [5, 5.41) is 0.700. The maximum atomic E-state index is 12.6. The highest BCUT2D eigenvalue weighted by Crippen LogP contribution is 2.20. The van der Waals surface area contributed by atoms with Gasteiger partial charge in [0.25, 0.3) is 5.56 Å². The molecule has 0 spiro atoms. The second-order valence-electron chi connectivity index (χ2n) is 6.45. The molecule has 0 radical (unpaired) electrons. The summed E-state index contributed by atoms with van der Waals surface area (Å²) in [7, 11) is 1.59. The highest BCUT2D eigenvalue weighted by molar-refractivity contribution is 6.09. The molecule has 2 heterocycles. The number of H-pyrrole nitrogens is 1. The van der Waals surface area contributed by atoms with Crippen LogP contribution in [-0.2, 0) is 4.74 Å². The van der Waals surface area contributed by atoms with Gasteiger partial charge in [0.15, 0.2) is 5.78 Å². The molecule has 3 rings (SSSR count). The third-order valence-electron chi connectivity index (χ3n) is 4.40. The molecule has 2 aromatic heterocycles. The lowest BCUT2D eigenvalue weighted by atomic mass is 10.0. The monoisotopic (exact) mass is 378 g/mol. The van der Waals surface area contributed by atoms with Crippen LogP contribution in [0.3, 0.4) is 0 Å². The standard InChI is InChI=1S/C22H22N2O4/c1-14-4-6-16(7-5-14)8-10-18(25)20-15(2)17-9-11-19(28-13-12-27-3)23-21(17)24-22(20)26/h4-11H,12-13H2,1-3H3,(H,23,24,26). The first-order chi connectivity index (χ1) is 13.5. The number of carbonyl (C=O) groups is 1. The number of ketones is 1. The van der Waals surface area contributed by atoms with Gasteiger partial charge in [-0.3, -0.25) is 9.59 Å². The number of aromatic nitrogens is 2. The van der Waals surface area contributed by atoms with Crippen LogP contribution in [0.4, 0.5) is 0 Å². The molecule has 0 saturated carbocycles. The molecular formula is C22H22N2O4. The van der Waals surface area contributed by atoms with Gasteiger partial charge in [0.05, 0.1) is 12.2 Å². The number of carbonyl (C=O) groups excluding carboxylic acids is 1. The van der Waals surface area contributed by atoms with Crippen LogP contribution in [0, 0.1) is 13.8 Å². The molecule has 0 amide bonds. The lowest BCUT2D eigenvalue weighted by Crippen LogP contribution is -2.19. The van der Waals surface area contributed by atoms with E-state index in [9.17, 15) is 9.59 Å². The summed E-state index contributed by atoms with van der Waals surface area (Å²) in [6.07, 6.45) is 3.12. The van der Waals surface area contributed by atoms with Gasteiger partial charge in [-0.05, 0) is 37.1 Å². The molecular weight excluding hydrogens is 356 g/mol. The van der Waals surface area contributed by atoms with Crippen molar-refractivity contribution in [3.8, 4) is 5.88 Å². The van der Waals surface area contributed by atoms with Crippen molar-refractivity contribution < 1.29 is 14.3 Å². The molecule has 0 atom stereocenters. The Morgan fingerprint density at radius 1 is 1.11 bits per heavy atom. The van der Waals surface area contributed by atoms with Crippen LogP contribution in [0.5, 0.6) is 5.88 Å². The van der Waals surface area contributed by atoms with Crippen molar-refractivity contribution in [2.75, 3.05) is 20.3 Å². The molecule has 0 aliphatic carbocycles. The molecule has 0 saturated heterocycles. The van der Waals surface area contributed by atoms with Crippen molar-refractivity contribution in [3.63, 3.8) is 0 Å². The number of hydrogen-bond acceptors (Lipinski definition) is 5. The number of nitrogens with one attached hydrogen (secondary N) is 1. The zero-order chi connectivity index (χ0) is 20.1. The van der Waals surface area contributed by atoms with E-state index in [1.165, 1.54) is 6.08 Å². The average Bonchev–Trinajstić information content (AvgIpc) is 2.67. The summed E-state index contributed by atoms with van der Waals surface area (Å²) < 4.78 is 10.4. The van der Waals surface area contributed by atoms with Crippen molar-refractivity contribution >= 4 is 22.9 Å². The van der Waals surface area contributed by atoms with Crippen LogP contribution in [0.15, 0.2) is 47.3 Å². The minimum Gasteiger partial charge on any atom is -0.475 e. The summed E-state index contributed by atoms with van der Waals surface area (Å²) in [5.41, 5.74) is 2.66. The zero-order valence-electron chi connectivity index (χ0n) is 16.1. The lowest BCUT2D eigenvalue weighted by molar-refractivity contribution is 0.104. The van der Waals surface area contributed by atoms with Crippen molar-refractivity contribution in [2.45, 2.75) is 13.8 Å². The zero-order valence-corrected chi connectivity index (χ0v) is 16.1. The van der Waals surface area contributed by atoms with Gasteiger partial charge >= 0.3 is 0 Å². The number of pyridine rings is 2. The van der Waals surface area contributed by atoms with E-state index in [1.54, 1.807) is 32.2 Å². The van der Waals surface area contributed by atoms with Gasteiger partial charge < -0.3 is 14.5 Å². The molecule has 0 aliphatic heterocycles. The number of fused-ring (bicyclic) bond motifs is 1. The van der Waals surface area contributed by atoms with Crippen molar-refractivity contribution in [1.29, 1.82) is 0 Å². The average molecular weight is 378 g/mol. The maximum absolute atomic E-state index is 12.6. The highest BCUT2D eigenvalue weighted by Gasteiger charge is 2.15. The van der Waals surface area contributed by atoms with E-state index >= 15 is 0 Å². The normalized spacial score (nSPS) is 11.2. The van der Waals surface area contributed by atoms with Gasteiger partial charge in [-0.25, -0.2) is 0 Å². The van der Waals surface area contributed by atoms with Gasteiger partial charge in [0.2, 0.25) is 5.88 Å². The van der Waals surface area contributed by atoms with E-state index < -0.39 is 5.56 Å². The van der Waals surface area contributed by atoms with Crippen LogP contribution in [0.1, 0.15) is 27.0 Å². The molecule has 0 aliphatic rings. The number of allylic oxidation sites excluding steroid dienone is 1. The summed E-state index contributed by atoms with van der Waals surface area (Å²) in [6.45, 7) is 4.55. The molecule has 0 unspecified atom stereocenters. The van der Waals surface area contributed by atoms with Crippen LogP contribution in [0.2, 0.25) is 0 Å². The molecule has 0 fully saturated rings. The quantitative estimate of drug-likeness (QED) is 0.387. The van der Waals surface area contributed by atoms with Gasteiger partial charge in [0.1, 0.15) is 12.3 Å². The Balaban J connectivity index is 1.90. The maximum Gasteiger partial charge on any atom is 0.261 e. The molecule has 3 aromatic rings. The van der Waals surface area contributed by atoms with Gasteiger partial charge in [-0.1, -0.05) is 35.9 Å². The fraction of sp³-hybridized carbons (Fsp3) is 0.227. The third kappa shape index (κ3) is 4.35. The molecule has 28 heavy (non-hydrogen) atoms. The number of methoxy groups -OCH3 is 1. The number of aryl methyl sites for hydroxylation is 2. The van der Waals surface area contributed by atoms with Crippen molar-refractivity contribution in [1.82, 2.24) is 9.97 Å². The van der Waals surface area contributed by atoms with E-state index in [0.29, 0.717) is 35.7 Å². The number of benzene rings is 1. The minimum absolute atomic E-state index is 0.116. The number of aromatic amines is 1. The van der Waals surface area contributed by atoms with Crippen LogP contribution < -0.4 is 10.3 Å². The summed E-state index contributed by atoms with van der Waals surface area (Å²) in [5.74, 6) is 0.0413. The van der Waals surface area contributed by atoms with E-state index in [4.69, 9.17) is 9.47 Å². The van der Waals surface area contributed by atoms with Gasteiger partial charge in [0, 0.05) is 18.6 Å². The molecule has 0 bridgehead atoms. The SMILES string of the molecule is COCCOc1ccc2c(C)c(C(=O)C=Cc3ccc(C)cc3)c(=O)[nH]c2n1. The Kier molecular flexibility index (Phi) is 6.01.